The molecule has 0 atom stereocenters. The molecule has 1 saturated heterocycles. The Labute approximate surface area is 140 Å². The second-order valence-corrected chi connectivity index (χ2v) is 5.83. The molecule has 1 fully saturated rings. The second-order valence-electron chi connectivity index (χ2n) is 5.40. The highest BCUT2D eigenvalue weighted by Crippen LogP contribution is 2.19. The van der Waals surface area contributed by atoms with Crippen molar-refractivity contribution in [2.75, 3.05) is 47.8 Å². The summed E-state index contributed by atoms with van der Waals surface area (Å²) >= 11 is 5.84. The number of halogens is 1. The topological polar surface area (TPSA) is 70.1 Å². The summed E-state index contributed by atoms with van der Waals surface area (Å²) in [6.45, 7) is 8.27. The van der Waals surface area contributed by atoms with Gasteiger partial charge >= 0.3 is 0 Å². The molecule has 0 radical (unpaired) electrons. The Balaban J connectivity index is 1.68. The number of aromatic nitrogens is 4. The molecule has 0 aliphatic carbocycles. The predicted octanol–water partition coefficient (Wildman–Crippen LogP) is 1.99. The molecule has 3 heterocycles. The molecule has 8 heteroatoms. The van der Waals surface area contributed by atoms with Crippen molar-refractivity contribution in [2.45, 2.75) is 13.8 Å². The van der Waals surface area contributed by atoms with Crippen LogP contribution in [0.3, 0.4) is 0 Å². The van der Waals surface area contributed by atoms with Gasteiger partial charge < -0.3 is 15.1 Å². The van der Waals surface area contributed by atoms with E-state index in [1.165, 1.54) is 0 Å². The Kier molecular flexibility index (Phi) is 4.76. The van der Waals surface area contributed by atoms with Gasteiger partial charge in [-0.05, 0) is 13.8 Å². The fraction of sp³-hybridized carbons (Fsp3) is 0.467. The van der Waals surface area contributed by atoms with Crippen LogP contribution in [0, 0.1) is 6.92 Å². The third-order valence-electron chi connectivity index (χ3n) is 3.67. The van der Waals surface area contributed by atoms with Gasteiger partial charge in [-0.1, -0.05) is 11.6 Å². The van der Waals surface area contributed by atoms with Gasteiger partial charge in [0.05, 0.1) is 17.4 Å². The Hall–Kier alpha value is -2.15. The van der Waals surface area contributed by atoms with E-state index in [9.17, 15) is 0 Å². The summed E-state index contributed by atoms with van der Waals surface area (Å²) in [6.07, 6.45) is 3.26. The fourth-order valence-electron chi connectivity index (χ4n) is 2.56. The Bertz CT molecular complexity index is 653. The fourth-order valence-corrected chi connectivity index (χ4v) is 2.65. The molecule has 2 aromatic heterocycles. The van der Waals surface area contributed by atoms with E-state index in [-0.39, 0.29) is 0 Å². The van der Waals surface area contributed by atoms with Crippen LogP contribution in [0.5, 0.6) is 0 Å². The number of piperazine rings is 1. The van der Waals surface area contributed by atoms with E-state index in [4.69, 9.17) is 11.6 Å². The van der Waals surface area contributed by atoms with Gasteiger partial charge in [0.1, 0.15) is 5.82 Å². The van der Waals surface area contributed by atoms with Gasteiger partial charge in [-0.2, -0.15) is 4.98 Å². The SMILES string of the molecule is CCNc1nc(C)cc(N2CCN(c3ncc(Cl)cn3)CC2)n1. The molecule has 0 aromatic carbocycles. The molecule has 3 rings (SSSR count). The van der Waals surface area contributed by atoms with Gasteiger partial charge in [0.2, 0.25) is 11.9 Å². The number of anilines is 3. The zero-order chi connectivity index (χ0) is 16.2. The largest absolute Gasteiger partial charge is 0.354 e. The van der Waals surface area contributed by atoms with Crippen molar-refractivity contribution < 1.29 is 0 Å². The van der Waals surface area contributed by atoms with Gasteiger partial charge in [0.25, 0.3) is 0 Å². The molecule has 23 heavy (non-hydrogen) atoms. The molecule has 0 spiro atoms. The van der Waals surface area contributed by atoms with Crippen LogP contribution in [0.25, 0.3) is 0 Å². The molecule has 2 aromatic rings. The highest BCUT2D eigenvalue weighted by atomic mass is 35.5. The first-order valence-electron chi connectivity index (χ1n) is 7.72. The first-order valence-corrected chi connectivity index (χ1v) is 8.10. The summed E-state index contributed by atoms with van der Waals surface area (Å²) in [5.74, 6) is 2.37. The van der Waals surface area contributed by atoms with Crippen molar-refractivity contribution in [3.05, 3.63) is 29.2 Å². The molecule has 122 valence electrons. The van der Waals surface area contributed by atoms with Crippen molar-refractivity contribution in [3.8, 4) is 0 Å². The second kappa shape index (κ2) is 6.95. The molecule has 1 aliphatic rings. The molecular weight excluding hydrogens is 314 g/mol. The number of hydrogen-bond donors (Lipinski definition) is 1. The highest BCUT2D eigenvalue weighted by Gasteiger charge is 2.20. The molecule has 7 nitrogen and oxygen atoms in total. The van der Waals surface area contributed by atoms with E-state index in [2.05, 4.69) is 35.1 Å². The molecule has 1 N–H and O–H groups in total. The van der Waals surface area contributed by atoms with Crippen LogP contribution < -0.4 is 15.1 Å². The number of nitrogens with one attached hydrogen (secondary N) is 1. The first-order chi connectivity index (χ1) is 11.2. The average Bonchev–Trinajstić information content (AvgIpc) is 2.55. The van der Waals surface area contributed by atoms with Crippen molar-refractivity contribution in [2.24, 2.45) is 0 Å². The van der Waals surface area contributed by atoms with Crippen LogP contribution in [-0.4, -0.2) is 52.7 Å². The quantitative estimate of drug-likeness (QED) is 0.917. The van der Waals surface area contributed by atoms with E-state index in [0.29, 0.717) is 11.0 Å². The van der Waals surface area contributed by atoms with Crippen LogP contribution in [-0.2, 0) is 0 Å². The third-order valence-corrected chi connectivity index (χ3v) is 3.86. The Morgan fingerprint density at radius 2 is 1.74 bits per heavy atom. The van der Waals surface area contributed by atoms with Gasteiger partial charge in [0, 0.05) is 44.5 Å². The first kappa shape index (κ1) is 15.7. The number of hydrogen-bond acceptors (Lipinski definition) is 7. The lowest BCUT2D eigenvalue weighted by Gasteiger charge is -2.35. The van der Waals surface area contributed by atoms with Crippen LogP contribution in [0.4, 0.5) is 17.7 Å². The summed E-state index contributed by atoms with van der Waals surface area (Å²) in [5, 5.41) is 3.73. The maximum absolute atomic E-state index is 5.84. The standard InChI is InChI=1S/C15H20ClN7/c1-3-17-14-20-11(2)8-13(21-14)22-4-6-23(7-5-22)15-18-9-12(16)10-19-15/h8-10H,3-7H2,1-2H3,(H,17,20,21). The molecule has 0 bridgehead atoms. The van der Waals surface area contributed by atoms with Gasteiger partial charge in [-0.15, -0.1) is 0 Å². The smallest absolute Gasteiger partial charge is 0.225 e. The van der Waals surface area contributed by atoms with Crippen LogP contribution in [0.2, 0.25) is 5.02 Å². The van der Waals surface area contributed by atoms with E-state index in [1.807, 2.05) is 19.9 Å². The Morgan fingerprint density at radius 3 is 2.39 bits per heavy atom. The summed E-state index contributed by atoms with van der Waals surface area (Å²) in [5.41, 5.74) is 0.967. The van der Waals surface area contributed by atoms with E-state index >= 15 is 0 Å². The lowest BCUT2D eigenvalue weighted by atomic mass is 10.3. The summed E-state index contributed by atoms with van der Waals surface area (Å²) in [6, 6.07) is 2.02. The van der Waals surface area contributed by atoms with Crippen molar-refractivity contribution in [3.63, 3.8) is 0 Å². The van der Waals surface area contributed by atoms with Crippen molar-refractivity contribution >= 4 is 29.3 Å². The Morgan fingerprint density at radius 1 is 1.09 bits per heavy atom. The van der Waals surface area contributed by atoms with E-state index in [0.717, 1.165) is 50.2 Å². The highest BCUT2D eigenvalue weighted by molar-refractivity contribution is 6.30. The number of aryl methyl sites for hydroxylation is 1. The molecule has 0 unspecified atom stereocenters. The third kappa shape index (κ3) is 3.79. The number of nitrogens with zero attached hydrogens (tertiary/aromatic N) is 6. The van der Waals surface area contributed by atoms with Crippen LogP contribution in [0.15, 0.2) is 18.5 Å². The predicted molar refractivity (Wildman–Crippen MR) is 92.4 cm³/mol. The van der Waals surface area contributed by atoms with Crippen LogP contribution >= 0.6 is 11.6 Å². The monoisotopic (exact) mass is 333 g/mol. The minimum absolute atomic E-state index is 0.555. The lowest BCUT2D eigenvalue weighted by Crippen LogP contribution is -2.47. The molecule has 0 saturated carbocycles. The van der Waals surface area contributed by atoms with Crippen LogP contribution in [0.1, 0.15) is 12.6 Å². The normalized spacial score (nSPS) is 14.9. The van der Waals surface area contributed by atoms with E-state index in [1.54, 1.807) is 12.4 Å². The van der Waals surface area contributed by atoms with Gasteiger partial charge in [0.15, 0.2) is 0 Å². The van der Waals surface area contributed by atoms with Crippen molar-refractivity contribution in [1.82, 2.24) is 19.9 Å². The maximum atomic E-state index is 5.84. The average molecular weight is 334 g/mol. The molecule has 1 aliphatic heterocycles. The lowest BCUT2D eigenvalue weighted by molar-refractivity contribution is 0.634. The van der Waals surface area contributed by atoms with Gasteiger partial charge in [-0.25, -0.2) is 15.0 Å². The zero-order valence-corrected chi connectivity index (χ0v) is 14.1. The number of rotatable bonds is 4. The minimum atomic E-state index is 0.555. The molecular formula is C15H20ClN7. The summed E-state index contributed by atoms with van der Waals surface area (Å²) in [4.78, 5) is 22.0. The minimum Gasteiger partial charge on any atom is -0.354 e. The van der Waals surface area contributed by atoms with Crippen molar-refractivity contribution in [1.29, 1.82) is 0 Å². The summed E-state index contributed by atoms with van der Waals surface area (Å²) < 4.78 is 0. The van der Waals surface area contributed by atoms with Gasteiger partial charge in [-0.3, -0.25) is 0 Å². The van der Waals surface area contributed by atoms with E-state index < -0.39 is 0 Å². The molecule has 0 amide bonds. The zero-order valence-electron chi connectivity index (χ0n) is 13.3. The summed E-state index contributed by atoms with van der Waals surface area (Å²) in [7, 11) is 0. The maximum Gasteiger partial charge on any atom is 0.225 e.